The average molecular weight is 344 g/mol. The van der Waals surface area contributed by atoms with Gasteiger partial charge in [0.2, 0.25) is 0 Å². The van der Waals surface area contributed by atoms with Crippen LogP contribution >= 0.6 is 0 Å². The Morgan fingerprint density at radius 3 is 1.21 bits per heavy atom. The van der Waals surface area contributed by atoms with Crippen molar-refractivity contribution in [3.8, 4) is 0 Å². The van der Waals surface area contributed by atoms with E-state index in [2.05, 4.69) is 26.7 Å². The zero-order valence-corrected chi connectivity index (χ0v) is 14.9. The van der Waals surface area contributed by atoms with Crippen LogP contribution in [-0.4, -0.2) is 59.5 Å². The molecule has 0 aliphatic rings. The fourth-order valence-corrected chi connectivity index (χ4v) is 1.87. The van der Waals surface area contributed by atoms with Crippen LogP contribution in [0.25, 0.3) is 0 Å². The highest BCUT2D eigenvalue weighted by Crippen LogP contribution is 2.24. The Kier molecular flexibility index (Phi) is 15.3. The first-order valence-corrected chi connectivity index (χ1v) is 8.15. The predicted molar refractivity (Wildman–Crippen MR) is 93.6 cm³/mol. The van der Waals surface area contributed by atoms with Crippen LogP contribution in [0.2, 0.25) is 0 Å². The third kappa shape index (κ3) is 12.0. The lowest BCUT2D eigenvalue weighted by Gasteiger charge is -2.32. The van der Waals surface area contributed by atoms with Crippen molar-refractivity contribution in [3.05, 3.63) is 38.5 Å². The standard InChI is InChI=1S/C18H32O6/c1-5-18(15-22-12-9-19-6-2,16-23-13-10-20-7-3)17-24-14-11-21-8-4/h6-8H,2-5,9-17H2,1H3. The van der Waals surface area contributed by atoms with E-state index in [1.807, 2.05) is 0 Å². The van der Waals surface area contributed by atoms with E-state index in [0.717, 1.165) is 6.42 Å². The largest absolute Gasteiger partial charge is 0.499 e. The number of ether oxygens (including phenoxy) is 6. The van der Waals surface area contributed by atoms with Gasteiger partial charge in [-0.25, -0.2) is 0 Å². The highest BCUT2D eigenvalue weighted by Gasteiger charge is 2.29. The van der Waals surface area contributed by atoms with Crippen molar-refractivity contribution in [1.82, 2.24) is 0 Å². The maximum Gasteiger partial charge on any atom is 0.111 e. The lowest BCUT2D eigenvalue weighted by molar-refractivity contribution is -0.0825. The third-order valence-electron chi connectivity index (χ3n) is 3.36. The smallest absolute Gasteiger partial charge is 0.111 e. The lowest BCUT2D eigenvalue weighted by Crippen LogP contribution is -2.38. The molecule has 0 saturated heterocycles. The van der Waals surface area contributed by atoms with E-state index in [0.29, 0.717) is 59.5 Å². The first kappa shape index (κ1) is 22.5. The number of hydrogen-bond donors (Lipinski definition) is 0. The summed E-state index contributed by atoms with van der Waals surface area (Å²) in [5, 5.41) is 0. The van der Waals surface area contributed by atoms with Gasteiger partial charge in [0, 0.05) is 5.41 Å². The van der Waals surface area contributed by atoms with Crippen molar-refractivity contribution in [2.45, 2.75) is 13.3 Å². The molecule has 0 heterocycles. The summed E-state index contributed by atoms with van der Waals surface area (Å²) >= 11 is 0. The summed E-state index contributed by atoms with van der Waals surface area (Å²) in [6.45, 7) is 17.1. The molecule has 6 nitrogen and oxygen atoms in total. The molecule has 0 aliphatic heterocycles. The van der Waals surface area contributed by atoms with E-state index in [1.54, 1.807) is 0 Å². The van der Waals surface area contributed by atoms with Gasteiger partial charge >= 0.3 is 0 Å². The first-order valence-electron chi connectivity index (χ1n) is 8.15. The first-order chi connectivity index (χ1) is 11.7. The highest BCUT2D eigenvalue weighted by molar-refractivity contribution is 4.78. The minimum atomic E-state index is -0.226. The Hall–Kier alpha value is -1.50. The van der Waals surface area contributed by atoms with E-state index in [4.69, 9.17) is 28.4 Å². The van der Waals surface area contributed by atoms with Crippen molar-refractivity contribution < 1.29 is 28.4 Å². The van der Waals surface area contributed by atoms with E-state index < -0.39 is 0 Å². The SMILES string of the molecule is C=COCCOCC(CC)(COCCOC=C)COCCOC=C. The van der Waals surface area contributed by atoms with Gasteiger partial charge in [-0.3, -0.25) is 0 Å². The zero-order valence-electron chi connectivity index (χ0n) is 14.9. The van der Waals surface area contributed by atoms with E-state index in [1.165, 1.54) is 18.8 Å². The number of hydrogen-bond acceptors (Lipinski definition) is 6. The molecule has 0 radical (unpaired) electrons. The van der Waals surface area contributed by atoms with E-state index in [9.17, 15) is 0 Å². The summed E-state index contributed by atoms with van der Waals surface area (Å²) in [6.07, 6.45) is 5.07. The molecule has 0 aromatic heterocycles. The van der Waals surface area contributed by atoms with E-state index >= 15 is 0 Å². The lowest BCUT2D eigenvalue weighted by atomic mass is 9.88. The summed E-state index contributed by atoms with van der Waals surface area (Å²) in [5.74, 6) is 0. The van der Waals surface area contributed by atoms with Crippen LogP contribution in [0, 0.1) is 5.41 Å². The fourth-order valence-electron chi connectivity index (χ4n) is 1.87. The van der Waals surface area contributed by atoms with Crippen LogP contribution in [-0.2, 0) is 28.4 Å². The fraction of sp³-hybridized carbons (Fsp3) is 0.667. The quantitative estimate of drug-likeness (QED) is 0.265. The molecular formula is C18H32O6. The molecule has 0 aliphatic carbocycles. The van der Waals surface area contributed by atoms with Crippen LogP contribution in [0.1, 0.15) is 13.3 Å². The molecule has 0 unspecified atom stereocenters. The Balaban J connectivity index is 4.29. The molecule has 0 spiro atoms. The third-order valence-corrected chi connectivity index (χ3v) is 3.36. The van der Waals surface area contributed by atoms with Gasteiger partial charge in [0.25, 0.3) is 0 Å². The van der Waals surface area contributed by atoms with Gasteiger partial charge in [-0.15, -0.1) is 0 Å². The van der Waals surface area contributed by atoms with Gasteiger partial charge < -0.3 is 28.4 Å². The topological polar surface area (TPSA) is 55.4 Å². The second-order valence-corrected chi connectivity index (χ2v) is 5.12. The van der Waals surface area contributed by atoms with Crippen molar-refractivity contribution >= 4 is 0 Å². The van der Waals surface area contributed by atoms with Crippen LogP contribution < -0.4 is 0 Å². The summed E-state index contributed by atoms with van der Waals surface area (Å²) in [7, 11) is 0. The molecule has 0 rings (SSSR count). The normalized spacial score (nSPS) is 10.9. The molecular weight excluding hydrogens is 312 g/mol. The highest BCUT2D eigenvalue weighted by atomic mass is 16.5. The maximum absolute atomic E-state index is 5.72. The predicted octanol–water partition coefficient (Wildman–Crippen LogP) is 2.91. The van der Waals surface area contributed by atoms with Crippen molar-refractivity contribution in [2.24, 2.45) is 5.41 Å². The van der Waals surface area contributed by atoms with Gasteiger partial charge in [-0.05, 0) is 6.42 Å². The molecule has 0 N–H and O–H groups in total. The summed E-state index contributed by atoms with van der Waals surface area (Å²) < 4.78 is 32.3. The molecule has 0 aromatic carbocycles. The average Bonchev–Trinajstić information content (AvgIpc) is 2.60. The van der Waals surface area contributed by atoms with Gasteiger partial charge in [0.05, 0.1) is 58.4 Å². The van der Waals surface area contributed by atoms with Gasteiger partial charge in [0.1, 0.15) is 19.8 Å². The van der Waals surface area contributed by atoms with Crippen LogP contribution in [0.5, 0.6) is 0 Å². The maximum atomic E-state index is 5.72. The van der Waals surface area contributed by atoms with Gasteiger partial charge in [-0.1, -0.05) is 26.7 Å². The van der Waals surface area contributed by atoms with Crippen molar-refractivity contribution in [2.75, 3.05) is 59.5 Å². The molecule has 0 amide bonds. The van der Waals surface area contributed by atoms with Crippen molar-refractivity contribution in [3.63, 3.8) is 0 Å². The molecule has 0 aromatic rings. The Bertz CT molecular complexity index is 273. The molecule has 0 bridgehead atoms. The zero-order chi connectivity index (χ0) is 17.9. The Morgan fingerprint density at radius 2 is 0.958 bits per heavy atom. The minimum absolute atomic E-state index is 0.226. The molecule has 0 fully saturated rings. The molecule has 0 atom stereocenters. The number of rotatable bonds is 19. The van der Waals surface area contributed by atoms with Gasteiger partial charge in [0.15, 0.2) is 0 Å². The molecule has 6 heteroatoms. The summed E-state index contributed by atoms with van der Waals surface area (Å²) in [4.78, 5) is 0. The van der Waals surface area contributed by atoms with Crippen LogP contribution in [0.15, 0.2) is 38.5 Å². The molecule has 0 saturated carbocycles. The van der Waals surface area contributed by atoms with Crippen LogP contribution in [0.4, 0.5) is 0 Å². The van der Waals surface area contributed by atoms with Crippen molar-refractivity contribution in [1.29, 1.82) is 0 Å². The second-order valence-electron chi connectivity index (χ2n) is 5.12. The Labute approximate surface area is 146 Å². The van der Waals surface area contributed by atoms with Crippen LogP contribution in [0.3, 0.4) is 0 Å². The summed E-state index contributed by atoms with van der Waals surface area (Å²) in [5.41, 5.74) is -0.226. The van der Waals surface area contributed by atoms with E-state index in [-0.39, 0.29) is 5.41 Å². The Morgan fingerprint density at radius 1 is 0.625 bits per heavy atom. The second kappa shape index (κ2) is 16.4. The molecule has 140 valence electrons. The van der Waals surface area contributed by atoms with Gasteiger partial charge in [-0.2, -0.15) is 0 Å². The minimum Gasteiger partial charge on any atom is -0.499 e. The summed E-state index contributed by atoms with van der Waals surface area (Å²) in [6, 6.07) is 0. The monoisotopic (exact) mass is 344 g/mol. The molecule has 24 heavy (non-hydrogen) atoms.